The minimum Gasteiger partial charge on any atom is -0.377 e. The third-order valence-electron chi connectivity index (χ3n) is 2.27. The van der Waals surface area contributed by atoms with Crippen LogP contribution in [0.5, 0.6) is 0 Å². The number of hydrogen-bond acceptors (Lipinski definition) is 5. The van der Waals surface area contributed by atoms with Crippen molar-refractivity contribution in [2.24, 2.45) is 0 Å². The molecule has 0 fully saturated rings. The first kappa shape index (κ1) is 12.7. The Kier molecular flexibility index (Phi) is 4.01. The molecule has 1 aromatic heterocycles. The Morgan fingerprint density at radius 3 is 2.72 bits per heavy atom. The van der Waals surface area contributed by atoms with Crippen LogP contribution in [0.2, 0.25) is 0 Å². The van der Waals surface area contributed by atoms with Gasteiger partial charge >= 0.3 is 0 Å². The highest BCUT2D eigenvalue weighted by atomic mass is 32.1. The van der Waals surface area contributed by atoms with Gasteiger partial charge in [-0.15, -0.1) is 10.2 Å². The Bertz CT molecular complexity index is 537. The molecule has 0 spiro atoms. The molecule has 1 amide bonds. The summed E-state index contributed by atoms with van der Waals surface area (Å²) in [7, 11) is 1.59. The van der Waals surface area contributed by atoms with Crippen LogP contribution in [0.15, 0.2) is 24.3 Å². The zero-order valence-electron chi connectivity index (χ0n) is 10.1. The van der Waals surface area contributed by atoms with E-state index in [-0.39, 0.29) is 5.91 Å². The SMILES string of the molecule is COCc1nnc(NC(=O)c2ccc(C)cc2)s1. The number of rotatable bonds is 4. The molecule has 1 aromatic carbocycles. The van der Waals surface area contributed by atoms with E-state index in [4.69, 9.17) is 4.74 Å². The predicted octanol–water partition coefficient (Wildman–Crippen LogP) is 2.25. The van der Waals surface area contributed by atoms with Crippen molar-refractivity contribution in [3.8, 4) is 0 Å². The van der Waals surface area contributed by atoms with E-state index in [2.05, 4.69) is 15.5 Å². The average molecular weight is 263 g/mol. The molecule has 0 saturated heterocycles. The summed E-state index contributed by atoms with van der Waals surface area (Å²) in [4.78, 5) is 11.9. The largest absolute Gasteiger partial charge is 0.377 e. The van der Waals surface area contributed by atoms with E-state index in [0.717, 1.165) is 10.6 Å². The normalized spacial score (nSPS) is 10.3. The number of methoxy groups -OCH3 is 1. The van der Waals surface area contributed by atoms with Crippen molar-refractivity contribution >= 4 is 22.4 Å². The number of hydrogen-bond donors (Lipinski definition) is 1. The molecule has 0 aliphatic rings. The van der Waals surface area contributed by atoms with Gasteiger partial charge in [0.1, 0.15) is 11.6 Å². The van der Waals surface area contributed by atoms with Crippen LogP contribution in [-0.4, -0.2) is 23.2 Å². The summed E-state index contributed by atoms with van der Waals surface area (Å²) < 4.78 is 4.94. The zero-order valence-corrected chi connectivity index (χ0v) is 11.0. The highest BCUT2D eigenvalue weighted by molar-refractivity contribution is 7.15. The highest BCUT2D eigenvalue weighted by Crippen LogP contribution is 2.16. The third-order valence-corrected chi connectivity index (χ3v) is 3.08. The predicted molar refractivity (Wildman–Crippen MR) is 69.8 cm³/mol. The van der Waals surface area contributed by atoms with Gasteiger partial charge in [0.25, 0.3) is 5.91 Å². The molecule has 0 aliphatic heterocycles. The maximum absolute atomic E-state index is 11.9. The molecule has 94 valence electrons. The molecule has 2 aromatic rings. The van der Waals surface area contributed by atoms with E-state index in [0.29, 0.717) is 17.3 Å². The summed E-state index contributed by atoms with van der Waals surface area (Å²) in [6.07, 6.45) is 0. The van der Waals surface area contributed by atoms with Crippen LogP contribution in [0.25, 0.3) is 0 Å². The van der Waals surface area contributed by atoms with Crippen molar-refractivity contribution in [3.63, 3.8) is 0 Å². The maximum atomic E-state index is 11.9. The number of nitrogens with one attached hydrogen (secondary N) is 1. The quantitative estimate of drug-likeness (QED) is 0.918. The van der Waals surface area contributed by atoms with Crippen LogP contribution in [0.4, 0.5) is 5.13 Å². The maximum Gasteiger partial charge on any atom is 0.257 e. The Labute approximate surface area is 109 Å². The number of anilines is 1. The van der Waals surface area contributed by atoms with Crippen LogP contribution >= 0.6 is 11.3 Å². The molecule has 1 heterocycles. The van der Waals surface area contributed by atoms with Crippen molar-refractivity contribution in [2.75, 3.05) is 12.4 Å². The molecule has 0 aliphatic carbocycles. The summed E-state index contributed by atoms with van der Waals surface area (Å²) >= 11 is 1.30. The van der Waals surface area contributed by atoms with Gasteiger partial charge in [0, 0.05) is 12.7 Å². The molecule has 0 bridgehead atoms. The van der Waals surface area contributed by atoms with E-state index < -0.39 is 0 Å². The topological polar surface area (TPSA) is 64.1 Å². The Hall–Kier alpha value is -1.79. The smallest absolute Gasteiger partial charge is 0.257 e. The number of carbonyl (C=O) groups excluding carboxylic acids is 1. The molecular formula is C12H13N3O2S. The summed E-state index contributed by atoms with van der Waals surface area (Å²) in [5.41, 5.74) is 1.72. The van der Waals surface area contributed by atoms with Gasteiger partial charge in [0.2, 0.25) is 5.13 Å². The second-order valence-corrected chi connectivity index (χ2v) is 4.82. The van der Waals surface area contributed by atoms with Gasteiger partial charge in [-0.2, -0.15) is 0 Å². The first-order chi connectivity index (χ1) is 8.69. The van der Waals surface area contributed by atoms with Crippen LogP contribution in [0.3, 0.4) is 0 Å². The molecule has 0 radical (unpaired) electrons. The number of carbonyl (C=O) groups is 1. The van der Waals surface area contributed by atoms with E-state index in [1.807, 2.05) is 19.1 Å². The molecule has 2 rings (SSSR count). The monoisotopic (exact) mass is 263 g/mol. The summed E-state index contributed by atoms with van der Waals surface area (Å²) in [6.45, 7) is 2.38. The second kappa shape index (κ2) is 5.70. The van der Waals surface area contributed by atoms with Crippen LogP contribution in [0, 0.1) is 6.92 Å². The molecule has 0 atom stereocenters. The standard InChI is InChI=1S/C12H13N3O2S/c1-8-3-5-9(6-4-8)11(16)13-12-15-14-10(18-12)7-17-2/h3-6H,7H2,1-2H3,(H,13,15,16). The number of amides is 1. The fourth-order valence-electron chi connectivity index (χ4n) is 1.36. The Morgan fingerprint density at radius 2 is 2.06 bits per heavy atom. The first-order valence-electron chi connectivity index (χ1n) is 5.38. The van der Waals surface area contributed by atoms with Gasteiger partial charge in [0.15, 0.2) is 0 Å². The van der Waals surface area contributed by atoms with Crippen molar-refractivity contribution in [1.82, 2.24) is 10.2 Å². The van der Waals surface area contributed by atoms with Gasteiger partial charge in [-0.05, 0) is 19.1 Å². The van der Waals surface area contributed by atoms with Crippen LogP contribution in [0.1, 0.15) is 20.9 Å². The highest BCUT2D eigenvalue weighted by Gasteiger charge is 2.09. The lowest BCUT2D eigenvalue weighted by atomic mass is 10.1. The van der Waals surface area contributed by atoms with Gasteiger partial charge in [-0.3, -0.25) is 10.1 Å². The van der Waals surface area contributed by atoms with Crippen molar-refractivity contribution in [2.45, 2.75) is 13.5 Å². The third kappa shape index (κ3) is 3.12. The average Bonchev–Trinajstić information content (AvgIpc) is 2.78. The molecule has 0 unspecified atom stereocenters. The number of aryl methyl sites for hydroxylation is 1. The molecule has 5 nitrogen and oxygen atoms in total. The molecule has 18 heavy (non-hydrogen) atoms. The molecule has 0 saturated carbocycles. The van der Waals surface area contributed by atoms with Crippen LogP contribution < -0.4 is 5.32 Å². The van der Waals surface area contributed by atoms with Gasteiger partial charge < -0.3 is 4.74 Å². The first-order valence-corrected chi connectivity index (χ1v) is 6.20. The van der Waals surface area contributed by atoms with Gasteiger partial charge in [-0.25, -0.2) is 0 Å². The van der Waals surface area contributed by atoms with Gasteiger partial charge in [-0.1, -0.05) is 29.0 Å². The number of ether oxygens (including phenoxy) is 1. The van der Waals surface area contributed by atoms with Gasteiger partial charge in [0.05, 0.1) is 0 Å². The molecule has 6 heteroatoms. The van der Waals surface area contributed by atoms with E-state index >= 15 is 0 Å². The second-order valence-electron chi connectivity index (χ2n) is 3.75. The lowest BCUT2D eigenvalue weighted by Crippen LogP contribution is -2.11. The van der Waals surface area contributed by atoms with E-state index in [1.165, 1.54) is 11.3 Å². The fraction of sp³-hybridized carbons (Fsp3) is 0.250. The number of aromatic nitrogens is 2. The van der Waals surface area contributed by atoms with E-state index in [9.17, 15) is 4.79 Å². The molecular weight excluding hydrogens is 250 g/mol. The van der Waals surface area contributed by atoms with E-state index in [1.54, 1.807) is 19.2 Å². The number of nitrogens with zero attached hydrogens (tertiary/aromatic N) is 2. The summed E-state index contributed by atoms with van der Waals surface area (Å²) in [6, 6.07) is 7.35. The zero-order chi connectivity index (χ0) is 13.0. The Balaban J connectivity index is 2.04. The van der Waals surface area contributed by atoms with Crippen molar-refractivity contribution in [3.05, 3.63) is 40.4 Å². The fourth-order valence-corrected chi connectivity index (χ4v) is 2.07. The van der Waals surface area contributed by atoms with Crippen LogP contribution in [-0.2, 0) is 11.3 Å². The lowest BCUT2D eigenvalue weighted by Gasteiger charge is -2.01. The van der Waals surface area contributed by atoms with Crippen molar-refractivity contribution < 1.29 is 9.53 Å². The summed E-state index contributed by atoms with van der Waals surface area (Å²) in [5, 5.41) is 11.7. The minimum absolute atomic E-state index is 0.185. The lowest BCUT2D eigenvalue weighted by molar-refractivity contribution is 0.102. The Morgan fingerprint density at radius 1 is 1.33 bits per heavy atom. The number of benzene rings is 1. The molecule has 1 N–H and O–H groups in total. The van der Waals surface area contributed by atoms with Crippen molar-refractivity contribution in [1.29, 1.82) is 0 Å². The minimum atomic E-state index is -0.185. The summed E-state index contributed by atoms with van der Waals surface area (Å²) in [5.74, 6) is -0.185.